The maximum Gasteiger partial charge on any atom is 0.251 e. The number of nitrogens with zero attached hydrogens (tertiary/aromatic N) is 3. The predicted octanol–water partition coefficient (Wildman–Crippen LogP) is 1.15. The molecule has 0 saturated carbocycles. The minimum atomic E-state index is -0.0656. The SMILES string of the molecule is CN=C(NCc1cccc(C(=O)NC)c1)N1CCC(N2CCOCC2)C1.I. The van der Waals surface area contributed by atoms with Crippen molar-refractivity contribution in [3.8, 4) is 0 Å². The third-order valence-electron chi connectivity index (χ3n) is 5.10. The van der Waals surface area contributed by atoms with Crippen molar-refractivity contribution in [3.05, 3.63) is 35.4 Å². The largest absolute Gasteiger partial charge is 0.379 e. The van der Waals surface area contributed by atoms with Gasteiger partial charge >= 0.3 is 0 Å². The van der Waals surface area contributed by atoms with Crippen LogP contribution in [0.4, 0.5) is 0 Å². The molecule has 7 nitrogen and oxygen atoms in total. The van der Waals surface area contributed by atoms with Crippen LogP contribution in [0.25, 0.3) is 0 Å². The fraction of sp³-hybridized carbons (Fsp3) is 0.579. The minimum Gasteiger partial charge on any atom is -0.379 e. The molecule has 8 heteroatoms. The van der Waals surface area contributed by atoms with Crippen LogP contribution in [0.5, 0.6) is 0 Å². The normalized spacial score (nSPS) is 20.9. The van der Waals surface area contributed by atoms with Gasteiger partial charge in [-0.2, -0.15) is 0 Å². The standard InChI is InChI=1S/C19H29N5O2.HI/c1-20-18(25)16-5-3-4-15(12-16)13-22-19(21-2)24-7-6-17(14-24)23-8-10-26-11-9-23;/h3-5,12,17H,6-11,13-14H2,1-2H3,(H,20,25)(H,21,22);1H. The number of guanidine groups is 1. The number of carbonyl (C=O) groups excluding carboxylic acids is 1. The first-order valence-corrected chi connectivity index (χ1v) is 9.29. The number of rotatable bonds is 4. The lowest BCUT2D eigenvalue weighted by atomic mass is 10.1. The zero-order chi connectivity index (χ0) is 18.4. The van der Waals surface area contributed by atoms with Crippen LogP contribution in [0.2, 0.25) is 0 Å². The molecule has 150 valence electrons. The molecule has 0 aliphatic carbocycles. The second-order valence-corrected chi connectivity index (χ2v) is 6.72. The molecular formula is C19H30IN5O2. The number of ether oxygens (including phenoxy) is 1. The molecular weight excluding hydrogens is 457 g/mol. The Bertz CT molecular complexity index is 649. The van der Waals surface area contributed by atoms with Gasteiger partial charge in [0.25, 0.3) is 5.91 Å². The number of morpholine rings is 1. The number of amides is 1. The molecule has 1 aromatic carbocycles. The number of aliphatic imine (C=N–C) groups is 1. The van der Waals surface area contributed by atoms with Gasteiger partial charge < -0.3 is 20.3 Å². The lowest BCUT2D eigenvalue weighted by Crippen LogP contribution is -2.46. The summed E-state index contributed by atoms with van der Waals surface area (Å²) in [6.45, 7) is 6.39. The van der Waals surface area contributed by atoms with Gasteiger partial charge in [0, 0.05) is 58.4 Å². The second kappa shape index (κ2) is 10.8. The van der Waals surface area contributed by atoms with E-state index in [1.807, 2.05) is 31.3 Å². The lowest BCUT2D eigenvalue weighted by Gasteiger charge is -2.32. The summed E-state index contributed by atoms with van der Waals surface area (Å²) >= 11 is 0. The van der Waals surface area contributed by atoms with E-state index in [-0.39, 0.29) is 29.9 Å². The topological polar surface area (TPSA) is 69.2 Å². The van der Waals surface area contributed by atoms with Gasteiger partial charge in [-0.05, 0) is 24.1 Å². The fourth-order valence-electron chi connectivity index (χ4n) is 3.66. The Balaban J connectivity index is 0.00000261. The summed E-state index contributed by atoms with van der Waals surface area (Å²) in [5.74, 6) is 0.857. The van der Waals surface area contributed by atoms with Crippen LogP contribution in [0.1, 0.15) is 22.3 Å². The molecule has 2 N–H and O–H groups in total. The van der Waals surface area contributed by atoms with Gasteiger partial charge in [0.1, 0.15) is 0 Å². The molecule has 0 spiro atoms. The Morgan fingerprint density at radius 1 is 1.30 bits per heavy atom. The Morgan fingerprint density at radius 3 is 2.78 bits per heavy atom. The molecule has 2 saturated heterocycles. The summed E-state index contributed by atoms with van der Waals surface area (Å²) in [7, 11) is 3.47. The van der Waals surface area contributed by atoms with E-state index in [1.54, 1.807) is 7.05 Å². The van der Waals surface area contributed by atoms with Crippen molar-refractivity contribution in [2.75, 3.05) is 53.5 Å². The van der Waals surface area contributed by atoms with Crippen LogP contribution in [0.15, 0.2) is 29.3 Å². The maximum absolute atomic E-state index is 11.8. The van der Waals surface area contributed by atoms with Crippen molar-refractivity contribution in [3.63, 3.8) is 0 Å². The van der Waals surface area contributed by atoms with Crippen LogP contribution in [-0.2, 0) is 11.3 Å². The van der Waals surface area contributed by atoms with Gasteiger partial charge in [-0.25, -0.2) is 0 Å². The molecule has 2 heterocycles. The number of nitrogens with one attached hydrogen (secondary N) is 2. The molecule has 3 rings (SSSR count). The van der Waals surface area contributed by atoms with Gasteiger partial charge in [-0.15, -0.1) is 24.0 Å². The van der Waals surface area contributed by atoms with Gasteiger partial charge in [0.05, 0.1) is 13.2 Å². The van der Waals surface area contributed by atoms with E-state index in [0.717, 1.165) is 57.3 Å². The summed E-state index contributed by atoms with van der Waals surface area (Å²) in [6, 6.07) is 8.25. The number of halogens is 1. The monoisotopic (exact) mass is 487 g/mol. The zero-order valence-corrected chi connectivity index (χ0v) is 18.4. The Kier molecular flexibility index (Phi) is 8.78. The van der Waals surface area contributed by atoms with Crippen LogP contribution >= 0.6 is 24.0 Å². The Morgan fingerprint density at radius 2 is 2.07 bits per heavy atom. The molecule has 27 heavy (non-hydrogen) atoms. The number of carbonyl (C=O) groups is 1. The summed E-state index contributed by atoms with van der Waals surface area (Å²) in [5.41, 5.74) is 1.74. The van der Waals surface area contributed by atoms with Crippen molar-refractivity contribution in [1.29, 1.82) is 0 Å². The molecule has 1 unspecified atom stereocenters. The number of likely N-dealkylation sites (tertiary alicyclic amines) is 1. The molecule has 1 aromatic rings. The van der Waals surface area contributed by atoms with E-state index < -0.39 is 0 Å². The van der Waals surface area contributed by atoms with Gasteiger partial charge in [0.15, 0.2) is 5.96 Å². The molecule has 2 aliphatic heterocycles. The van der Waals surface area contributed by atoms with E-state index in [1.165, 1.54) is 0 Å². The van der Waals surface area contributed by atoms with E-state index in [4.69, 9.17) is 4.74 Å². The van der Waals surface area contributed by atoms with E-state index >= 15 is 0 Å². The van der Waals surface area contributed by atoms with Crippen LogP contribution in [0.3, 0.4) is 0 Å². The third-order valence-corrected chi connectivity index (χ3v) is 5.10. The van der Waals surface area contributed by atoms with Crippen molar-refractivity contribution in [2.24, 2.45) is 4.99 Å². The molecule has 0 aromatic heterocycles. The predicted molar refractivity (Wildman–Crippen MR) is 118 cm³/mol. The average Bonchev–Trinajstić information content (AvgIpc) is 3.19. The highest BCUT2D eigenvalue weighted by Crippen LogP contribution is 2.17. The van der Waals surface area contributed by atoms with Gasteiger partial charge in [0.2, 0.25) is 0 Å². The number of hydrogen-bond acceptors (Lipinski definition) is 4. The quantitative estimate of drug-likeness (QED) is 0.379. The summed E-state index contributed by atoms with van der Waals surface area (Å²) in [6.07, 6.45) is 1.16. The average molecular weight is 487 g/mol. The molecule has 2 fully saturated rings. The molecule has 1 atom stereocenters. The Labute approximate surface area is 178 Å². The minimum absolute atomic E-state index is 0. The molecule has 0 radical (unpaired) electrons. The first-order valence-electron chi connectivity index (χ1n) is 9.29. The lowest BCUT2D eigenvalue weighted by molar-refractivity contribution is 0.0195. The second-order valence-electron chi connectivity index (χ2n) is 6.72. The summed E-state index contributed by atoms with van der Waals surface area (Å²) in [5, 5.41) is 6.10. The van der Waals surface area contributed by atoms with E-state index in [0.29, 0.717) is 18.2 Å². The Hall–Kier alpha value is -1.39. The number of hydrogen-bond donors (Lipinski definition) is 2. The van der Waals surface area contributed by atoms with E-state index in [9.17, 15) is 4.79 Å². The van der Waals surface area contributed by atoms with E-state index in [2.05, 4.69) is 25.4 Å². The molecule has 2 aliphatic rings. The zero-order valence-electron chi connectivity index (χ0n) is 16.1. The summed E-state index contributed by atoms with van der Waals surface area (Å²) in [4.78, 5) is 21.1. The highest BCUT2D eigenvalue weighted by Gasteiger charge is 2.30. The summed E-state index contributed by atoms with van der Waals surface area (Å²) < 4.78 is 5.46. The van der Waals surface area contributed by atoms with Crippen LogP contribution < -0.4 is 10.6 Å². The van der Waals surface area contributed by atoms with Gasteiger partial charge in [-0.3, -0.25) is 14.7 Å². The highest BCUT2D eigenvalue weighted by molar-refractivity contribution is 14.0. The molecule has 1 amide bonds. The first kappa shape index (κ1) is 21.9. The van der Waals surface area contributed by atoms with Crippen molar-refractivity contribution in [2.45, 2.75) is 19.0 Å². The van der Waals surface area contributed by atoms with Crippen molar-refractivity contribution >= 4 is 35.8 Å². The van der Waals surface area contributed by atoms with Crippen molar-refractivity contribution < 1.29 is 9.53 Å². The number of benzene rings is 1. The van der Waals surface area contributed by atoms with Crippen molar-refractivity contribution in [1.82, 2.24) is 20.4 Å². The highest BCUT2D eigenvalue weighted by atomic mass is 127. The maximum atomic E-state index is 11.8. The molecule has 0 bridgehead atoms. The smallest absolute Gasteiger partial charge is 0.251 e. The third kappa shape index (κ3) is 5.79. The van der Waals surface area contributed by atoms with Gasteiger partial charge in [-0.1, -0.05) is 12.1 Å². The van der Waals surface area contributed by atoms with Crippen LogP contribution in [-0.4, -0.2) is 81.2 Å². The van der Waals surface area contributed by atoms with Crippen LogP contribution in [0, 0.1) is 0 Å². The fourth-order valence-corrected chi connectivity index (χ4v) is 3.66. The first-order chi connectivity index (χ1) is 12.7.